The Morgan fingerprint density at radius 1 is 1.14 bits per heavy atom. The molecule has 0 saturated heterocycles. The summed E-state index contributed by atoms with van der Waals surface area (Å²) in [5.41, 5.74) is -0.140. The molecule has 1 unspecified atom stereocenters. The average Bonchev–Trinajstić information content (AvgIpc) is 2.73. The van der Waals surface area contributed by atoms with Crippen LogP contribution >= 0.6 is 0 Å². The molecule has 1 atom stereocenters. The van der Waals surface area contributed by atoms with E-state index in [4.69, 9.17) is 9.47 Å². The molecule has 3 rings (SSSR count). The maximum Gasteiger partial charge on any atom is 0.330 e. The van der Waals surface area contributed by atoms with Crippen molar-refractivity contribution in [2.24, 2.45) is 0 Å². The van der Waals surface area contributed by atoms with Gasteiger partial charge in [-0.25, -0.2) is 9.48 Å². The molecule has 2 N–H and O–H groups in total. The summed E-state index contributed by atoms with van der Waals surface area (Å²) in [5, 5.41) is 16.6. The Labute approximate surface area is 165 Å². The summed E-state index contributed by atoms with van der Waals surface area (Å²) in [7, 11) is 2.86. The van der Waals surface area contributed by atoms with Crippen molar-refractivity contribution < 1.29 is 24.2 Å². The first-order valence-electron chi connectivity index (χ1n) is 8.64. The van der Waals surface area contributed by atoms with Crippen molar-refractivity contribution in [3.8, 4) is 11.5 Å². The molecule has 9 heteroatoms. The minimum Gasteiger partial charge on any atom is -0.493 e. The monoisotopic (exact) mass is 397 g/mol. The van der Waals surface area contributed by atoms with Gasteiger partial charge in [0.1, 0.15) is 6.54 Å². The molecule has 2 aromatic carbocycles. The summed E-state index contributed by atoms with van der Waals surface area (Å²) >= 11 is 0. The molecule has 3 aromatic rings. The number of benzene rings is 2. The standard InChI is InChI=1S/C20H19N3O6/c1-28-14-9-8-13-10-21-23(19(25)16(13)18(14)29-2)11-15(24)22-17(20(26)27)12-6-4-3-5-7-12/h3-10,17H,11H2,1-2H3,(H,22,24)(H,26,27). The molecular weight excluding hydrogens is 378 g/mol. The van der Waals surface area contributed by atoms with E-state index in [0.29, 0.717) is 16.7 Å². The fraction of sp³-hybridized carbons (Fsp3) is 0.200. The Bertz CT molecular complexity index is 1110. The molecule has 0 aliphatic carbocycles. The number of carbonyl (C=O) groups excluding carboxylic acids is 1. The predicted molar refractivity (Wildman–Crippen MR) is 104 cm³/mol. The molecule has 0 aliphatic rings. The topological polar surface area (TPSA) is 120 Å². The average molecular weight is 397 g/mol. The Kier molecular flexibility index (Phi) is 5.77. The highest BCUT2D eigenvalue weighted by molar-refractivity contribution is 5.90. The van der Waals surface area contributed by atoms with Crippen molar-refractivity contribution in [2.75, 3.05) is 14.2 Å². The molecular formula is C20H19N3O6. The number of amides is 1. The van der Waals surface area contributed by atoms with Crippen molar-refractivity contribution >= 4 is 22.6 Å². The Morgan fingerprint density at radius 3 is 2.48 bits per heavy atom. The van der Waals surface area contributed by atoms with Crippen LogP contribution in [-0.2, 0) is 16.1 Å². The number of aromatic nitrogens is 2. The van der Waals surface area contributed by atoms with Crippen LogP contribution < -0.4 is 20.3 Å². The summed E-state index contributed by atoms with van der Waals surface area (Å²) in [6.45, 7) is -0.453. The smallest absolute Gasteiger partial charge is 0.330 e. The van der Waals surface area contributed by atoms with E-state index in [-0.39, 0.29) is 11.1 Å². The van der Waals surface area contributed by atoms with Crippen LogP contribution in [0.4, 0.5) is 0 Å². The summed E-state index contributed by atoms with van der Waals surface area (Å²) < 4.78 is 11.5. The second-order valence-electron chi connectivity index (χ2n) is 6.12. The van der Waals surface area contributed by atoms with Gasteiger partial charge in [-0.3, -0.25) is 9.59 Å². The van der Waals surface area contributed by atoms with Gasteiger partial charge in [0.05, 0.1) is 25.8 Å². The van der Waals surface area contributed by atoms with Gasteiger partial charge >= 0.3 is 5.97 Å². The number of nitrogens with zero attached hydrogens (tertiary/aromatic N) is 2. The van der Waals surface area contributed by atoms with Gasteiger partial charge in [0, 0.05) is 5.39 Å². The SMILES string of the molecule is COc1ccc2cnn(CC(=O)NC(C(=O)O)c3ccccc3)c(=O)c2c1OC. The number of nitrogens with one attached hydrogen (secondary N) is 1. The van der Waals surface area contributed by atoms with Crippen LogP contribution in [0.15, 0.2) is 53.5 Å². The van der Waals surface area contributed by atoms with E-state index in [0.717, 1.165) is 4.68 Å². The van der Waals surface area contributed by atoms with Gasteiger partial charge in [-0.1, -0.05) is 30.3 Å². The Balaban J connectivity index is 1.91. The van der Waals surface area contributed by atoms with Gasteiger partial charge in [0.25, 0.3) is 5.56 Å². The lowest BCUT2D eigenvalue weighted by Gasteiger charge is -2.15. The van der Waals surface area contributed by atoms with Gasteiger partial charge in [-0.05, 0) is 17.7 Å². The number of carbonyl (C=O) groups is 2. The van der Waals surface area contributed by atoms with Crippen molar-refractivity contribution in [2.45, 2.75) is 12.6 Å². The first-order valence-corrected chi connectivity index (χ1v) is 8.64. The number of fused-ring (bicyclic) bond motifs is 1. The third-order valence-corrected chi connectivity index (χ3v) is 4.34. The minimum atomic E-state index is -1.24. The van der Waals surface area contributed by atoms with Crippen molar-refractivity contribution in [3.05, 3.63) is 64.6 Å². The molecule has 0 radical (unpaired) electrons. The second-order valence-corrected chi connectivity index (χ2v) is 6.12. The normalized spacial score (nSPS) is 11.7. The lowest BCUT2D eigenvalue weighted by molar-refractivity contribution is -0.142. The summed E-state index contributed by atoms with van der Waals surface area (Å²) in [5.74, 6) is -1.28. The third kappa shape index (κ3) is 4.03. The summed E-state index contributed by atoms with van der Waals surface area (Å²) in [6, 6.07) is 10.3. The number of methoxy groups -OCH3 is 2. The first kappa shape index (κ1) is 19.9. The Hall–Kier alpha value is -3.88. The van der Waals surface area contributed by atoms with Gasteiger partial charge in [0.15, 0.2) is 17.5 Å². The molecule has 150 valence electrons. The molecule has 1 heterocycles. The molecule has 0 saturated carbocycles. The van der Waals surface area contributed by atoms with E-state index < -0.39 is 30.0 Å². The second kappa shape index (κ2) is 8.42. The molecule has 1 aromatic heterocycles. The van der Waals surface area contributed by atoms with Crippen molar-refractivity contribution in [3.63, 3.8) is 0 Å². The summed E-state index contributed by atoms with van der Waals surface area (Å²) in [4.78, 5) is 36.9. The van der Waals surface area contributed by atoms with Crippen LogP contribution in [0, 0.1) is 0 Å². The Morgan fingerprint density at radius 2 is 1.86 bits per heavy atom. The predicted octanol–water partition coefficient (Wildman–Crippen LogP) is 1.36. The maximum atomic E-state index is 12.9. The van der Waals surface area contributed by atoms with Gasteiger partial charge in [-0.15, -0.1) is 0 Å². The van der Waals surface area contributed by atoms with E-state index in [1.807, 2.05) is 0 Å². The van der Waals surface area contributed by atoms with Gasteiger partial charge in [0.2, 0.25) is 5.91 Å². The zero-order valence-electron chi connectivity index (χ0n) is 15.8. The van der Waals surface area contributed by atoms with E-state index in [2.05, 4.69) is 10.4 Å². The quantitative estimate of drug-likeness (QED) is 0.618. The molecule has 9 nitrogen and oxygen atoms in total. The molecule has 1 amide bonds. The third-order valence-electron chi connectivity index (χ3n) is 4.34. The highest BCUT2D eigenvalue weighted by atomic mass is 16.5. The zero-order chi connectivity index (χ0) is 21.0. The first-order chi connectivity index (χ1) is 14.0. The van der Waals surface area contributed by atoms with E-state index in [1.165, 1.54) is 20.4 Å². The van der Waals surface area contributed by atoms with Crippen LogP contribution in [0.3, 0.4) is 0 Å². The molecule has 0 spiro atoms. The summed E-state index contributed by atoms with van der Waals surface area (Å²) in [6.07, 6.45) is 1.43. The maximum absolute atomic E-state index is 12.9. The lowest BCUT2D eigenvalue weighted by Crippen LogP contribution is -2.38. The number of hydrogen-bond acceptors (Lipinski definition) is 6. The number of hydrogen-bond donors (Lipinski definition) is 2. The fourth-order valence-electron chi connectivity index (χ4n) is 2.97. The number of ether oxygens (including phenoxy) is 2. The minimum absolute atomic E-state index is 0.215. The number of carboxylic acid groups (broad SMARTS) is 1. The number of carboxylic acids is 1. The molecule has 0 aliphatic heterocycles. The van der Waals surface area contributed by atoms with Crippen LogP contribution in [-0.4, -0.2) is 41.0 Å². The molecule has 29 heavy (non-hydrogen) atoms. The van der Waals surface area contributed by atoms with Crippen LogP contribution in [0.5, 0.6) is 11.5 Å². The van der Waals surface area contributed by atoms with Crippen LogP contribution in [0.25, 0.3) is 10.8 Å². The highest BCUT2D eigenvalue weighted by Crippen LogP contribution is 2.32. The van der Waals surface area contributed by atoms with Gasteiger partial charge in [-0.2, -0.15) is 5.10 Å². The van der Waals surface area contributed by atoms with Gasteiger partial charge < -0.3 is 19.9 Å². The molecule has 0 fully saturated rings. The number of rotatable bonds is 7. The fourth-order valence-corrected chi connectivity index (χ4v) is 2.97. The van der Waals surface area contributed by atoms with Crippen LogP contribution in [0.1, 0.15) is 11.6 Å². The van der Waals surface area contributed by atoms with E-state index >= 15 is 0 Å². The lowest BCUT2D eigenvalue weighted by atomic mass is 10.1. The van der Waals surface area contributed by atoms with E-state index in [1.54, 1.807) is 42.5 Å². The molecule has 0 bridgehead atoms. The van der Waals surface area contributed by atoms with E-state index in [9.17, 15) is 19.5 Å². The number of aliphatic carboxylic acids is 1. The van der Waals surface area contributed by atoms with Crippen LogP contribution in [0.2, 0.25) is 0 Å². The largest absolute Gasteiger partial charge is 0.493 e. The highest BCUT2D eigenvalue weighted by Gasteiger charge is 2.23. The van der Waals surface area contributed by atoms with Crippen molar-refractivity contribution in [1.82, 2.24) is 15.1 Å². The van der Waals surface area contributed by atoms with Crippen molar-refractivity contribution in [1.29, 1.82) is 0 Å². The zero-order valence-corrected chi connectivity index (χ0v) is 15.8.